The van der Waals surface area contributed by atoms with Crippen LogP contribution in [0.2, 0.25) is 0 Å². The quantitative estimate of drug-likeness (QED) is 0.819. The van der Waals surface area contributed by atoms with Crippen molar-refractivity contribution in [2.75, 3.05) is 11.4 Å². The van der Waals surface area contributed by atoms with Crippen molar-refractivity contribution in [3.8, 4) is 5.75 Å². The maximum atomic E-state index is 11.8. The van der Waals surface area contributed by atoms with E-state index in [-0.39, 0.29) is 12.5 Å². The lowest BCUT2D eigenvalue weighted by molar-refractivity contribution is -0.125. The molecule has 1 aliphatic rings. The Kier molecular flexibility index (Phi) is 2.83. The average molecular weight is 221 g/mol. The Hall–Kier alpha value is -1.55. The van der Waals surface area contributed by atoms with E-state index in [0.29, 0.717) is 12.3 Å². The molecule has 1 aliphatic heterocycles. The summed E-state index contributed by atoms with van der Waals surface area (Å²) in [5.41, 5.74) is 1.57. The predicted molar refractivity (Wildman–Crippen MR) is 60.5 cm³/mol. The number of anilines is 1. The lowest BCUT2D eigenvalue weighted by atomic mass is 10.1. The number of nitrogens with zero attached hydrogens (tertiary/aromatic N) is 1. The Bertz CT molecular complexity index is 417. The molecule has 1 amide bonds. The van der Waals surface area contributed by atoms with Gasteiger partial charge in [-0.05, 0) is 31.5 Å². The summed E-state index contributed by atoms with van der Waals surface area (Å²) < 4.78 is 5.52. The van der Waals surface area contributed by atoms with Gasteiger partial charge in [0.25, 0.3) is 5.91 Å². The molecule has 16 heavy (non-hydrogen) atoms. The second kappa shape index (κ2) is 4.14. The van der Waals surface area contributed by atoms with Gasteiger partial charge in [0.05, 0.1) is 12.3 Å². The summed E-state index contributed by atoms with van der Waals surface area (Å²) in [7, 11) is 0. The monoisotopic (exact) mass is 221 g/mol. The number of aliphatic hydroxyl groups excluding tert-OH is 1. The Balaban J connectivity index is 2.46. The van der Waals surface area contributed by atoms with Crippen molar-refractivity contribution in [3.63, 3.8) is 0 Å². The summed E-state index contributed by atoms with van der Waals surface area (Å²) in [5, 5.41) is 9.04. The van der Waals surface area contributed by atoms with Crippen LogP contribution in [0.1, 0.15) is 19.4 Å². The van der Waals surface area contributed by atoms with Crippen LogP contribution in [0.15, 0.2) is 18.2 Å². The van der Waals surface area contributed by atoms with Gasteiger partial charge < -0.3 is 14.7 Å². The fourth-order valence-electron chi connectivity index (χ4n) is 1.88. The standard InChI is InChI=1S/C12H15NO3/c1-3-13-10-5-4-9(7-14)6-11(10)16-8(2)12(13)15/h4-6,8,14H,3,7H2,1-2H3. The van der Waals surface area contributed by atoms with E-state index in [2.05, 4.69) is 0 Å². The van der Waals surface area contributed by atoms with Crippen molar-refractivity contribution < 1.29 is 14.6 Å². The predicted octanol–water partition coefficient (Wildman–Crippen LogP) is 1.31. The molecule has 0 aromatic heterocycles. The minimum Gasteiger partial charge on any atom is -0.479 e. The number of ether oxygens (including phenoxy) is 1. The first-order chi connectivity index (χ1) is 7.67. The molecule has 0 bridgehead atoms. The number of rotatable bonds is 2. The largest absolute Gasteiger partial charge is 0.479 e. The van der Waals surface area contributed by atoms with Crippen molar-refractivity contribution >= 4 is 11.6 Å². The normalized spacial score (nSPS) is 19.3. The van der Waals surface area contributed by atoms with Crippen LogP contribution in [-0.2, 0) is 11.4 Å². The van der Waals surface area contributed by atoms with Gasteiger partial charge in [-0.1, -0.05) is 6.07 Å². The van der Waals surface area contributed by atoms with Crippen LogP contribution in [0.5, 0.6) is 5.75 Å². The molecule has 1 aromatic carbocycles. The third-order valence-electron chi connectivity index (χ3n) is 2.73. The Morgan fingerprint density at radius 3 is 2.88 bits per heavy atom. The fraction of sp³-hybridized carbons (Fsp3) is 0.417. The first-order valence-electron chi connectivity index (χ1n) is 5.39. The van der Waals surface area contributed by atoms with E-state index in [4.69, 9.17) is 9.84 Å². The summed E-state index contributed by atoms with van der Waals surface area (Å²) >= 11 is 0. The molecular formula is C12H15NO3. The fourth-order valence-corrected chi connectivity index (χ4v) is 1.88. The van der Waals surface area contributed by atoms with Crippen molar-refractivity contribution in [3.05, 3.63) is 23.8 Å². The Labute approximate surface area is 94.4 Å². The van der Waals surface area contributed by atoms with Crippen LogP contribution in [0.4, 0.5) is 5.69 Å². The second-order valence-electron chi connectivity index (χ2n) is 3.80. The molecule has 4 heteroatoms. The zero-order chi connectivity index (χ0) is 11.7. The molecule has 0 saturated carbocycles. The Morgan fingerprint density at radius 1 is 1.50 bits per heavy atom. The van der Waals surface area contributed by atoms with Gasteiger partial charge in [0, 0.05) is 6.54 Å². The average Bonchev–Trinajstić information content (AvgIpc) is 2.30. The highest BCUT2D eigenvalue weighted by atomic mass is 16.5. The molecule has 0 fully saturated rings. The smallest absolute Gasteiger partial charge is 0.267 e. The number of carbonyl (C=O) groups excluding carboxylic acids is 1. The number of hydrogen-bond donors (Lipinski definition) is 1. The van der Waals surface area contributed by atoms with Gasteiger partial charge in [0.1, 0.15) is 5.75 Å². The number of hydrogen-bond acceptors (Lipinski definition) is 3. The van der Waals surface area contributed by atoms with E-state index in [1.165, 1.54) is 0 Å². The first-order valence-corrected chi connectivity index (χ1v) is 5.39. The number of carbonyl (C=O) groups is 1. The number of aliphatic hydroxyl groups is 1. The van der Waals surface area contributed by atoms with Crippen LogP contribution < -0.4 is 9.64 Å². The third kappa shape index (κ3) is 1.65. The highest BCUT2D eigenvalue weighted by Gasteiger charge is 2.30. The van der Waals surface area contributed by atoms with E-state index >= 15 is 0 Å². The maximum absolute atomic E-state index is 11.8. The molecule has 4 nitrogen and oxygen atoms in total. The summed E-state index contributed by atoms with van der Waals surface area (Å²) in [6.07, 6.45) is -0.457. The van der Waals surface area contributed by atoms with Crippen molar-refractivity contribution in [1.29, 1.82) is 0 Å². The zero-order valence-corrected chi connectivity index (χ0v) is 9.43. The van der Waals surface area contributed by atoms with E-state index < -0.39 is 6.10 Å². The lowest BCUT2D eigenvalue weighted by Crippen LogP contribution is -2.44. The van der Waals surface area contributed by atoms with Crippen LogP contribution >= 0.6 is 0 Å². The lowest BCUT2D eigenvalue weighted by Gasteiger charge is -2.32. The number of fused-ring (bicyclic) bond motifs is 1. The third-order valence-corrected chi connectivity index (χ3v) is 2.73. The van der Waals surface area contributed by atoms with Gasteiger partial charge in [-0.3, -0.25) is 4.79 Å². The maximum Gasteiger partial charge on any atom is 0.267 e. The van der Waals surface area contributed by atoms with E-state index in [0.717, 1.165) is 11.3 Å². The van der Waals surface area contributed by atoms with Gasteiger partial charge in [0.15, 0.2) is 6.10 Å². The molecule has 2 rings (SSSR count). The molecule has 0 aliphatic carbocycles. The minimum atomic E-state index is -0.457. The zero-order valence-electron chi connectivity index (χ0n) is 9.43. The molecule has 86 valence electrons. The molecule has 1 N–H and O–H groups in total. The summed E-state index contributed by atoms with van der Waals surface area (Å²) in [6.45, 7) is 4.27. The summed E-state index contributed by atoms with van der Waals surface area (Å²) in [4.78, 5) is 13.5. The van der Waals surface area contributed by atoms with E-state index in [1.54, 1.807) is 24.0 Å². The molecule has 1 heterocycles. The topological polar surface area (TPSA) is 49.8 Å². The van der Waals surface area contributed by atoms with Gasteiger partial charge in [0.2, 0.25) is 0 Å². The second-order valence-corrected chi connectivity index (χ2v) is 3.80. The van der Waals surface area contributed by atoms with E-state index in [1.807, 2.05) is 13.0 Å². The number of benzene rings is 1. The molecule has 0 saturated heterocycles. The van der Waals surface area contributed by atoms with Crippen molar-refractivity contribution in [1.82, 2.24) is 0 Å². The molecule has 1 atom stereocenters. The summed E-state index contributed by atoms with van der Waals surface area (Å²) in [5.74, 6) is 0.646. The molecule has 0 spiro atoms. The minimum absolute atomic E-state index is 0.0215. The van der Waals surface area contributed by atoms with Crippen LogP contribution in [0.25, 0.3) is 0 Å². The SMILES string of the molecule is CCN1C(=O)C(C)Oc2cc(CO)ccc21. The van der Waals surface area contributed by atoms with Crippen molar-refractivity contribution in [2.24, 2.45) is 0 Å². The van der Waals surface area contributed by atoms with Gasteiger partial charge >= 0.3 is 0 Å². The highest BCUT2D eigenvalue weighted by molar-refractivity contribution is 5.99. The Morgan fingerprint density at radius 2 is 2.25 bits per heavy atom. The molecule has 0 radical (unpaired) electrons. The highest BCUT2D eigenvalue weighted by Crippen LogP contribution is 2.34. The molecule has 1 unspecified atom stereocenters. The van der Waals surface area contributed by atoms with Crippen molar-refractivity contribution in [2.45, 2.75) is 26.6 Å². The van der Waals surface area contributed by atoms with Gasteiger partial charge in [-0.15, -0.1) is 0 Å². The summed E-state index contributed by atoms with van der Waals surface area (Å²) in [6, 6.07) is 5.39. The van der Waals surface area contributed by atoms with Crippen LogP contribution in [-0.4, -0.2) is 23.7 Å². The number of likely N-dealkylation sites (N-methyl/N-ethyl adjacent to an activating group) is 1. The molecular weight excluding hydrogens is 206 g/mol. The van der Waals surface area contributed by atoms with Crippen LogP contribution in [0, 0.1) is 0 Å². The first kappa shape index (κ1) is 11.0. The van der Waals surface area contributed by atoms with Gasteiger partial charge in [-0.2, -0.15) is 0 Å². The molecule has 1 aromatic rings. The van der Waals surface area contributed by atoms with Gasteiger partial charge in [-0.25, -0.2) is 0 Å². The van der Waals surface area contributed by atoms with E-state index in [9.17, 15) is 4.79 Å². The van der Waals surface area contributed by atoms with Crippen LogP contribution in [0.3, 0.4) is 0 Å². The number of amides is 1.